The van der Waals surface area contributed by atoms with E-state index in [2.05, 4.69) is 51.5 Å². The Hall–Kier alpha value is -1.85. The van der Waals surface area contributed by atoms with Crippen LogP contribution >= 0.6 is 11.3 Å². The molecule has 0 aliphatic carbocycles. The Balaban J connectivity index is 1.86. The molecule has 4 nitrogen and oxygen atoms in total. The number of nitrogens with zero attached hydrogens (tertiary/aromatic N) is 1. The first-order chi connectivity index (χ1) is 11.2. The number of nitrogens with one attached hydrogen (secondary N) is 2. The van der Waals surface area contributed by atoms with E-state index in [0.29, 0.717) is 12.5 Å². The number of aliphatic imine (C=N–C) groups is 1. The molecule has 0 spiro atoms. The summed E-state index contributed by atoms with van der Waals surface area (Å²) in [4.78, 5) is 4.30. The summed E-state index contributed by atoms with van der Waals surface area (Å²) in [6, 6.07) is 10.5. The largest absolute Gasteiger partial charge is 0.380 e. The Kier molecular flexibility index (Phi) is 7.10. The van der Waals surface area contributed by atoms with E-state index in [1.165, 1.54) is 16.7 Å². The molecule has 2 aromatic rings. The minimum absolute atomic E-state index is 0.459. The van der Waals surface area contributed by atoms with E-state index in [0.717, 1.165) is 19.0 Å². The van der Waals surface area contributed by atoms with Crippen LogP contribution in [0.4, 0.5) is 0 Å². The molecule has 1 heterocycles. The van der Waals surface area contributed by atoms with Crippen molar-refractivity contribution >= 4 is 17.3 Å². The molecule has 1 unspecified atom stereocenters. The van der Waals surface area contributed by atoms with Crippen molar-refractivity contribution in [2.24, 2.45) is 4.99 Å². The van der Waals surface area contributed by atoms with Gasteiger partial charge in [-0.15, -0.1) is 0 Å². The third-order valence-electron chi connectivity index (χ3n) is 3.78. The summed E-state index contributed by atoms with van der Waals surface area (Å²) in [5, 5.41) is 11.1. The van der Waals surface area contributed by atoms with Gasteiger partial charge in [-0.05, 0) is 39.4 Å². The molecule has 0 amide bonds. The Morgan fingerprint density at radius 2 is 2.00 bits per heavy atom. The fraction of sp³-hybridized carbons (Fsp3) is 0.389. The van der Waals surface area contributed by atoms with Crippen molar-refractivity contribution in [2.45, 2.75) is 26.0 Å². The SMILES string of the molecule is CN=C(NCc1ccccc1COC)NCC(C)c1ccsc1. The zero-order chi connectivity index (χ0) is 16.5. The van der Waals surface area contributed by atoms with Gasteiger partial charge in [-0.25, -0.2) is 0 Å². The second-order valence-corrected chi connectivity index (χ2v) is 6.25. The Labute approximate surface area is 142 Å². The molecule has 2 N–H and O–H groups in total. The monoisotopic (exact) mass is 331 g/mol. The minimum Gasteiger partial charge on any atom is -0.380 e. The van der Waals surface area contributed by atoms with E-state index in [9.17, 15) is 0 Å². The van der Waals surface area contributed by atoms with Gasteiger partial charge in [0, 0.05) is 27.2 Å². The quantitative estimate of drug-likeness (QED) is 0.604. The van der Waals surface area contributed by atoms with E-state index in [1.807, 2.05) is 12.1 Å². The first kappa shape index (κ1) is 17.5. The van der Waals surface area contributed by atoms with Gasteiger partial charge in [-0.3, -0.25) is 4.99 Å². The predicted molar refractivity (Wildman–Crippen MR) is 98.1 cm³/mol. The van der Waals surface area contributed by atoms with E-state index in [-0.39, 0.29) is 0 Å². The van der Waals surface area contributed by atoms with Gasteiger partial charge in [-0.2, -0.15) is 11.3 Å². The molecule has 0 saturated carbocycles. The summed E-state index contributed by atoms with van der Waals surface area (Å²) >= 11 is 1.74. The Morgan fingerprint density at radius 1 is 1.22 bits per heavy atom. The van der Waals surface area contributed by atoms with Crippen molar-refractivity contribution in [3.8, 4) is 0 Å². The van der Waals surface area contributed by atoms with Crippen molar-refractivity contribution in [2.75, 3.05) is 20.7 Å². The zero-order valence-corrected chi connectivity index (χ0v) is 14.8. The molecule has 0 radical (unpaired) electrons. The zero-order valence-electron chi connectivity index (χ0n) is 14.0. The first-order valence-electron chi connectivity index (χ1n) is 7.77. The van der Waals surface area contributed by atoms with Crippen molar-refractivity contribution < 1.29 is 4.74 Å². The predicted octanol–water partition coefficient (Wildman–Crippen LogP) is 3.36. The highest BCUT2D eigenvalue weighted by molar-refractivity contribution is 7.07. The molecule has 0 aliphatic rings. The molecular weight excluding hydrogens is 306 g/mol. The second kappa shape index (κ2) is 9.33. The van der Waals surface area contributed by atoms with E-state index in [4.69, 9.17) is 4.74 Å². The molecule has 124 valence electrons. The fourth-order valence-electron chi connectivity index (χ4n) is 2.35. The molecule has 1 atom stereocenters. The third kappa shape index (κ3) is 5.37. The summed E-state index contributed by atoms with van der Waals surface area (Å²) in [6.07, 6.45) is 0. The van der Waals surface area contributed by atoms with Crippen LogP contribution < -0.4 is 10.6 Å². The molecular formula is C18H25N3OS. The smallest absolute Gasteiger partial charge is 0.191 e. The molecule has 1 aromatic heterocycles. The van der Waals surface area contributed by atoms with Gasteiger partial charge >= 0.3 is 0 Å². The van der Waals surface area contributed by atoms with Gasteiger partial charge in [0.2, 0.25) is 0 Å². The lowest BCUT2D eigenvalue weighted by atomic mass is 10.1. The van der Waals surface area contributed by atoms with Crippen LogP contribution in [0.5, 0.6) is 0 Å². The van der Waals surface area contributed by atoms with E-state index < -0.39 is 0 Å². The van der Waals surface area contributed by atoms with Gasteiger partial charge < -0.3 is 15.4 Å². The number of rotatable bonds is 7. The summed E-state index contributed by atoms with van der Waals surface area (Å²) < 4.78 is 5.25. The van der Waals surface area contributed by atoms with Crippen molar-refractivity contribution in [1.82, 2.24) is 10.6 Å². The maximum absolute atomic E-state index is 5.25. The highest BCUT2D eigenvalue weighted by atomic mass is 32.1. The highest BCUT2D eigenvalue weighted by Gasteiger charge is 2.07. The molecule has 23 heavy (non-hydrogen) atoms. The van der Waals surface area contributed by atoms with Crippen LogP contribution in [0.2, 0.25) is 0 Å². The fourth-order valence-corrected chi connectivity index (χ4v) is 3.13. The number of hydrogen-bond acceptors (Lipinski definition) is 3. The van der Waals surface area contributed by atoms with Crippen LogP contribution in [-0.2, 0) is 17.9 Å². The minimum atomic E-state index is 0.459. The van der Waals surface area contributed by atoms with Crippen LogP contribution in [0.1, 0.15) is 29.5 Å². The normalized spacial score (nSPS) is 12.9. The lowest BCUT2D eigenvalue weighted by molar-refractivity contribution is 0.184. The van der Waals surface area contributed by atoms with Crippen LogP contribution in [0, 0.1) is 0 Å². The van der Waals surface area contributed by atoms with Gasteiger partial charge in [-0.1, -0.05) is 31.2 Å². The average molecular weight is 331 g/mol. The Bertz CT molecular complexity index is 610. The number of ether oxygens (including phenoxy) is 1. The van der Waals surface area contributed by atoms with Crippen LogP contribution in [-0.4, -0.2) is 26.7 Å². The second-order valence-electron chi connectivity index (χ2n) is 5.47. The standard InChI is InChI=1S/C18H25N3OS/c1-14(17-8-9-23-13-17)10-20-18(19-2)21-11-15-6-4-5-7-16(15)12-22-3/h4-9,13-14H,10-12H2,1-3H3,(H2,19,20,21). The van der Waals surface area contributed by atoms with Gasteiger partial charge in [0.05, 0.1) is 6.61 Å². The molecule has 0 fully saturated rings. The summed E-state index contributed by atoms with van der Waals surface area (Å²) in [5.74, 6) is 1.28. The Morgan fingerprint density at radius 3 is 2.65 bits per heavy atom. The van der Waals surface area contributed by atoms with E-state index in [1.54, 1.807) is 25.5 Å². The summed E-state index contributed by atoms with van der Waals surface area (Å²) in [5.41, 5.74) is 3.79. The highest BCUT2D eigenvalue weighted by Crippen LogP contribution is 2.17. The number of guanidine groups is 1. The van der Waals surface area contributed by atoms with Crippen LogP contribution in [0.25, 0.3) is 0 Å². The van der Waals surface area contributed by atoms with Gasteiger partial charge in [0.25, 0.3) is 0 Å². The number of hydrogen-bond donors (Lipinski definition) is 2. The molecule has 2 rings (SSSR count). The molecule has 5 heteroatoms. The number of benzene rings is 1. The molecule has 0 bridgehead atoms. The van der Waals surface area contributed by atoms with E-state index >= 15 is 0 Å². The lowest BCUT2D eigenvalue weighted by Crippen LogP contribution is -2.38. The van der Waals surface area contributed by atoms with Gasteiger partial charge in [0.15, 0.2) is 5.96 Å². The summed E-state index contributed by atoms with van der Waals surface area (Å²) in [6.45, 7) is 4.43. The average Bonchev–Trinajstić information content (AvgIpc) is 3.11. The molecule has 0 saturated heterocycles. The maximum Gasteiger partial charge on any atom is 0.191 e. The van der Waals surface area contributed by atoms with Crippen LogP contribution in [0.3, 0.4) is 0 Å². The third-order valence-corrected chi connectivity index (χ3v) is 4.48. The summed E-state index contributed by atoms with van der Waals surface area (Å²) in [7, 11) is 3.52. The molecule has 0 aliphatic heterocycles. The van der Waals surface area contributed by atoms with Gasteiger partial charge in [0.1, 0.15) is 0 Å². The van der Waals surface area contributed by atoms with Crippen molar-refractivity contribution in [1.29, 1.82) is 0 Å². The number of thiophene rings is 1. The van der Waals surface area contributed by atoms with Crippen molar-refractivity contribution in [3.05, 3.63) is 57.8 Å². The van der Waals surface area contributed by atoms with Crippen molar-refractivity contribution in [3.63, 3.8) is 0 Å². The number of methoxy groups -OCH3 is 1. The molecule has 1 aromatic carbocycles. The topological polar surface area (TPSA) is 45.7 Å². The van der Waals surface area contributed by atoms with Crippen LogP contribution in [0.15, 0.2) is 46.1 Å². The lowest BCUT2D eigenvalue weighted by Gasteiger charge is -2.16. The maximum atomic E-state index is 5.25. The first-order valence-corrected chi connectivity index (χ1v) is 8.71.